The first-order valence-corrected chi connectivity index (χ1v) is 9.07. The molecule has 1 aromatic heterocycles. The van der Waals surface area contributed by atoms with Crippen LogP contribution in [0.3, 0.4) is 0 Å². The summed E-state index contributed by atoms with van der Waals surface area (Å²) in [5.41, 5.74) is 3.90. The van der Waals surface area contributed by atoms with Crippen molar-refractivity contribution in [1.29, 1.82) is 0 Å². The lowest BCUT2D eigenvalue weighted by molar-refractivity contribution is 0.266. The van der Waals surface area contributed by atoms with E-state index in [2.05, 4.69) is 17.1 Å². The lowest BCUT2D eigenvalue weighted by Gasteiger charge is -2.18. The smallest absolute Gasteiger partial charge is 0.204 e. The van der Waals surface area contributed by atoms with Crippen LogP contribution in [-0.4, -0.2) is 19.2 Å². The summed E-state index contributed by atoms with van der Waals surface area (Å²) in [6, 6.07) is 24.0. The standard InChI is InChI=1S/C24H21NO3/c1-26-22-13-12-20(19-14-18-10-6-7-11-21(18)25-15-19)23(27-2)24(22)28-16-17-8-4-3-5-9-17/h3-15H,16H2,1-2H3. The molecular weight excluding hydrogens is 350 g/mol. The van der Waals surface area contributed by atoms with Crippen molar-refractivity contribution in [3.8, 4) is 28.4 Å². The number of rotatable bonds is 6. The van der Waals surface area contributed by atoms with E-state index in [1.807, 2.05) is 66.9 Å². The first-order valence-electron chi connectivity index (χ1n) is 9.07. The molecule has 0 radical (unpaired) electrons. The van der Waals surface area contributed by atoms with Gasteiger partial charge in [0.15, 0.2) is 11.5 Å². The molecular formula is C24H21NO3. The second-order valence-electron chi connectivity index (χ2n) is 6.37. The van der Waals surface area contributed by atoms with Crippen LogP contribution in [0, 0.1) is 0 Å². The number of aromatic nitrogens is 1. The predicted octanol–water partition coefficient (Wildman–Crippen LogP) is 5.50. The first-order chi connectivity index (χ1) is 13.8. The van der Waals surface area contributed by atoms with Crippen molar-refractivity contribution in [2.24, 2.45) is 0 Å². The normalized spacial score (nSPS) is 10.6. The van der Waals surface area contributed by atoms with Crippen LogP contribution < -0.4 is 14.2 Å². The number of nitrogens with zero attached hydrogens (tertiary/aromatic N) is 1. The Balaban J connectivity index is 1.76. The Labute approximate surface area is 164 Å². The van der Waals surface area contributed by atoms with Crippen molar-refractivity contribution in [2.75, 3.05) is 14.2 Å². The summed E-state index contributed by atoms with van der Waals surface area (Å²) in [6.07, 6.45) is 1.85. The van der Waals surface area contributed by atoms with Crippen LogP contribution >= 0.6 is 0 Å². The molecule has 0 spiro atoms. The topological polar surface area (TPSA) is 40.6 Å². The molecule has 0 bridgehead atoms. The van der Waals surface area contributed by atoms with Crippen LogP contribution in [0.25, 0.3) is 22.0 Å². The van der Waals surface area contributed by atoms with Crippen LogP contribution in [0.1, 0.15) is 5.56 Å². The van der Waals surface area contributed by atoms with Gasteiger partial charge in [-0.3, -0.25) is 4.98 Å². The lowest BCUT2D eigenvalue weighted by atomic mass is 10.0. The number of methoxy groups -OCH3 is 2. The average Bonchev–Trinajstić information content (AvgIpc) is 2.77. The highest BCUT2D eigenvalue weighted by Gasteiger charge is 2.18. The largest absolute Gasteiger partial charge is 0.493 e. The van der Waals surface area contributed by atoms with Gasteiger partial charge in [-0.05, 0) is 29.8 Å². The van der Waals surface area contributed by atoms with Crippen molar-refractivity contribution in [2.45, 2.75) is 6.61 Å². The van der Waals surface area contributed by atoms with Crippen LogP contribution in [0.2, 0.25) is 0 Å². The Morgan fingerprint density at radius 3 is 2.36 bits per heavy atom. The number of hydrogen-bond acceptors (Lipinski definition) is 4. The van der Waals surface area contributed by atoms with Crippen molar-refractivity contribution < 1.29 is 14.2 Å². The predicted molar refractivity (Wildman–Crippen MR) is 111 cm³/mol. The summed E-state index contributed by atoms with van der Waals surface area (Å²) in [4.78, 5) is 4.57. The SMILES string of the molecule is COc1ccc(-c2cnc3ccccc3c2)c(OC)c1OCc1ccccc1. The van der Waals surface area contributed by atoms with Gasteiger partial charge in [-0.25, -0.2) is 0 Å². The molecule has 0 saturated carbocycles. The average molecular weight is 371 g/mol. The molecule has 140 valence electrons. The Bertz CT molecular complexity index is 1090. The Hall–Kier alpha value is -3.53. The van der Waals surface area contributed by atoms with Gasteiger partial charge in [-0.1, -0.05) is 48.5 Å². The molecule has 4 rings (SSSR count). The summed E-state index contributed by atoms with van der Waals surface area (Å²) in [5.74, 6) is 1.84. The summed E-state index contributed by atoms with van der Waals surface area (Å²) < 4.78 is 17.4. The van der Waals surface area contributed by atoms with Gasteiger partial charge in [0, 0.05) is 22.7 Å². The summed E-state index contributed by atoms with van der Waals surface area (Å²) in [5, 5.41) is 1.07. The fourth-order valence-electron chi connectivity index (χ4n) is 3.22. The molecule has 0 saturated heterocycles. The third kappa shape index (κ3) is 3.49. The monoisotopic (exact) mass is 371 g/mol. The highest BCUT2D eigenvalue weighted by atomic mass is 16.5. The molecule has 0 aliphatic carbocycles. The molecule has 1 heterocycles. The minimum Gasteiger partial charge on any atom is -0.493 e. The second kappa shape index (κ2) is 8.01. The van der Waals surface area contributed by atoms with E-state index in [0.29, 0.717) is 23.9 Å². The van der Waals surface area contributed by atoms with Crippen molar-refractivity contribution in [3.63, 3.8) is 0 Å². The first kappa shape index (κ1) is 17.9. The molecule has 3 aromatic carbocycles. The molecule has 0 aliphatic heterocycles. The molecule has 4 nitrogen and oxygen atoms in total. The number of hydrogen-bond donors (Lipinski definition) is 0. The molecule has 0 amide bonds. The minimum absolute atomic E-state index is 0.424. The number of para-hydroxylation sites is 1. The third-order valence-electron chi connectivity index (χ3n) is 4.63. The van der Waals surface area contributed by atoms with Crippen LogP contribution in [0.4, 0.5) is 0 Å². The third-order valence-corrected chi connectivity index (χ3v) is 4.63. The van der Waals surface area contributed by atoms with Gasteiger partial charge in [0.05, 0.1) is 19.7 Å². The summed E-state index contributed by atoms with van der Waals surface area (Å²) >= 11 is 0. The fourth-order valence-corrected chi connectivity index (χ4v) is 3.22. The molecule has 0 atom stereocenters. The van der Waals surface area contributed by atoms with Gasteiger partial charge in [0.25, 0.3) is 0 Å². The lowest BCUT2D eigenvalue weighted by Crippen LogP contribution is -2.01. The number of ether oxygens (including phenoxy) is 3. The molecule has 4 heteroatoms. The van der Waals surface area contributed by atoms with E-state index >= 15 is 0 Å². The molecule has 0 N–H and O–H groups in total. The van der Waals surface area contributed by atoms with E-state index in [9.17, 15) is 0 Å². The Kier molecular flexibility index (Phi) is 5.11. The number of fused-ring (bicyclic) bond motifs is 1. The molecule has 0 aliphatic rings. The Morgan fingerprint density at radius 2 is 1.57 bits per heavy atom. The number of benzene rings is 3. The number of pyridine rings is 1. The van der Waals surface area contributed by atoms with Crippen LogP contribution in [-0.2, 0) is 6.61 Å². The maximum Gasteiger partial charge on any atom is 0.204 e. The summed E-state index contributed by atoms with van der Waals surface area (Å²) in [6.45, 7) is 0.424. The van der Waals surface area contributed by atoms with E-state index in [1.165, 1.54) is 0 Å². The van der Waals surface area contributed by atoms with Gasteiger partial charge in [-0.15, -0.1) is 0 Å². The van der Waals surface area contributed by atoms with E-state index in [0.717, 1.165) is 27.6 Å². The maximum atomic E-state index is 6.12. The van der Waals surface area contributed by atoms with E-state index in [1.54, 1.807) is 14.2 Å². The fraction of sp³-hybridized carbons (Fsp3) is 0.125. The molecule has 0 unspecified atom stereocenters. The highest BCUT2D eigenvalue weighted by Crippen LogP contribution is 2.45. The second-order valence-corrected chi connectivity index (χ2v) is 6.37. The van der Waals surface area contributed by atoms with Crippen LogP contribution in [0.15, 0.2) is 79.0 Å². The van der Waals surface area contributed by atoms with Crippen molar-refractivity contribution in [1.82, 2.24) is 4.98 Å². The maximum absolute atomic E-state index is 6.12. The van der Waals surface area contributed by atoms with Crippen molar-refractivity contribution >= 4 is 10.9 Å². The van der Waals surface area contributed by atoms with Gasteiger partial charge in [-0.2, -0.15) is 0 Å². The van der Waals surface area contributed by atoms with E-state index < -0.39 is 0 Å². The van der Waals surface area contributed by atoms with Crippen molar-refractivity contribution in [3.05, 3.63) is 84.6 Å². The molecule has 4 aromatic rings. The van der Waals surface area contributed by atoms with E-state index in [4.69, 9.17) is 14.2 Å². The quantitative estimate of drug-likeness (QED) is 0.449. The summed E-state index contributed by atoms with van der Waals surface area (Å²) in [7, 11) is 3.27. The van der Waals surface area contributed by atoms with Gasteiger partial charge >= 0.3 is 0 Å². The Morgan fingerprint density at radius 1 is 0.786 bits per heavy atom. The van der Waals surface area contributed by atoms with Gasteiger partial charge < -0.3 is 14.2 Å². The zero-order valence-electron chi connectivity index (χ0n) is 15.9. The molecule has 0 fully saturated rings. The van der Waals surface area contributed by atoms with Crippen LogP contribution in [0.5, 0.6) is 17.2 Å². The van der Waals surface area contributed by atoms with E-state index in [-0.39, 0.29) is 0 Å². The van der Waals surface area contributed by atoms with Gasteiger partial charge in [0.2, 0.25) is 5.75 Å². The highest BCUT2D eigenvalue weighted by molar-refractivity contribution is 5.86. The van der Waals surface area contributed by atoms with Gasteiger partial charge in [0.1, 0.15) is 6.61 Å². The minimum atomic E-state index is 0.424. The zero-order chi connectivity index (χ0) is 19.3. The molecule has 28 heavy (non-hydrogen) atoms. The zero-order valence-corrected chi connectivity index (χ0v) is 15.9.